The topological polar surface area (TPSA) is 64.3 Å². The van der Waals surface area contributed by atoms with Crippen LogP contribution in [0, 0.1) is 30.6 Å². The molecule has 3 aliphatic rings. The molecule has 4 atom stereocenters. The van der Waals surface area contributed by atoms with Gasteiger partial charge >= 0.3 is 0 Å². The van der Waals surface area contributed by atoms with Crippen molar-refractivity contribution in [2.24, 2.45) is 30.7 Å². The van der Waals surface area contributed by atoms with Gasteiger partial charge in [-0.15, -0.1) is 0 Å². The van der Waals surface area contributed by atoms with E-state index in [0.29, 0.717) is 11.4 Å². The molecule has 0 unspecified atom stereocenters. The molecular formula is C20H19N3O3. The Labute approximate surface area is 150 Å². The van der Waals surface area contributed by atoms with Crippen molar-refractivity contribution in [2.45, 2.75) is 13.3 Å². The summed E-state index contributed by atoms with van der Waals surface area (Å²) in [6, 6.07) is 9.24. The number of fused-ring (bicyclic) bond motifs is 5. The summed E-state index contributed by atoms with van der Waals surface area (Å²) in [5.41, 5.74) is 1.18. The highest BCUT2D eigenvalue weighted by Crippen LogP contribution is 2.53. The molecule has 26 heavy (non-hydrogen) atoms. The molecule has 2 aliphatic carbocycles. The van der Waals surface area contributed by atoms with Gasteiger partial charge in [0.25, 0.3) is 5.56 Å². The van der Waals surface area contributed by atoms with E-state index in [1.165, 1.54) is 9.58 Å². The second kappa shape index (κ2) is 5.06. The summed E-state index contributed by atoms with van der Waals surface area (Å²) in [6.07, 6.45) is 4.99. The predicted octanol–water partition coefficient (Wildman–Crippen LogP) is 1.80. The van der Waals surface area contributed by atoms with Crippen molar-refractivity contribution in [3.8, 4) is 5.69 Å². The molecule has 6 nitrogen and oxygen atoms in total. The second-order valence-corrected chi connectivity index (χ2v) is 7.42. The zero-order valence-electron chi connectivity index (χ0n) is 14.6. The average molecular weight is 349 g/mol. The fourth-order valence-corrected chi connectivity index (χ4v) is 4.93. The van der Waals surface area contributed by atoms with Crippen LogP contribution in [0.3, 0.4) is 0 Å². The van der Waals surface area contributed by atoms with Crippen molar-refractivity contribution in [1.82, 2.24) is 9.36 Å². The molecular weight excluding hydrogens is 330 g/mol. The number of rotatable bonds is 2. The molecule has 2 fully saturated rings. The highest BCUT2D eigenvalue weighted by molar-refractivity contribution is 6.23. The van der Waals surface area contributed by atoms with Crippen LogP contribution in [0.25, 0.3) is 5.69 Å². The number of amides is 2. The van der Waals surface area contributed by atoms with E-state index >= 15 is 0 Å². The normalized spacial score (nSPS) is 29.1. The minimum atomic E-state index is -0.335. The van der Waals surface area contributed by atoms with Gasteiger partial charge in [0.1, 0.15) is 5.69 Å². The van der Waals surface area contributed by atoms with Crippen molar-refractivity contribution in [2.75, 3.05) is 4.90 Å². The lowest BCUT2D eigenvalue weighted by atomic mass is 9.85. The Morgan fingerprint density at radius 3 is 2.08 bits per heavy atom. The lowest BCUT2D eigenvalue weighted by Crippen LogP contribution is -2.36. The SMILES string of the molecule is Cc1c(N2C(=O)[C@H]3[C@H](C2=O)[C@H]2C=C[C@H]3C2)c(=O)n(-c2ccccc2)n1C. The van der Waals surface area contributed by atoms with Crippen LogP contribution in [0.5, 0.6) is 0 Å². The van der Waals surface area contributed by atoms with Crippen LogP contribution in [-0.2, 0) is 16.6 Å². The van der Waals surface area contributed by atoms with Gasteiger partial charge in [-0.2, -0.15) is 0 Å². The monoisotopic (exact) mass is 349 g/mol. The molecule has 1 saturated heterocycles. The minimum Gasteiger partial charge on any atom is -0.283 e. The quantitative estimate of drug-likeness (QED) is 0.613. The number of imide groups is 1. The van der Waals surface area contributed by atoms with Crippen LogP contribution in [-0.4, -0.2) is 21.2 Å². The molecule has 1 aromatic carbocycles. The predicted molar refractivity (Wildman–Crippen MR) is 96.0 cm³/mol. The molecule has 2 aromatic rings. The molecule has 1 saturated carbocycles. The van der Waals surface area contributed by atoms with Gasteiger partial charge in [0, 0.05) is 7.05 Å². The number of carbonyl (C=O) groups excluding carboxylic acids is 2. The maximum atomic E-state index is 13.2. The van der Waals surface area contributed by atoms with Crippen LogP contribution in [0.15, 0.2) is 47.3 Å². The fourth-order valence-electron chi connectivity index (χ4n) is 4.93. The number of hydrogen-bond acceptors (Lipinski definition) is 3. The van der Waals surface area contributed by atoms with Gasteiger partial charge in [-0.05, 0) is 37.3 Å². The van der Waals surface area contributed by atoms with Gasteiger partial charge in [0.05, 0.1) is 23.2 Å². The first-order valence-electron chi connectivity index (χ1n) is 8.91. The van der Waals surface area contributed by atoms with E-state index in [4.69, 9.17) is 0 Å². The largest absolute Gasteiger partial charge is 0.296 e. The van der Waals surface area contributed by atoms with Gasteiger partial charge in [0.2, 0.25) is 11.8 Å². The van der Waals surface area contributed by atoms with Gasteiger partial charge in [-0.3, -0.25) is 19.1 Å². The van der Waals surface area contributed by atoms with E-state index in [0.717, 1.165) is 6.42 Å². The number of hydrogen-bond donors (Lipinski definition) is 0. The number of carbonyl (C=O) groups is 2. The van der Waals surface area contributed by atoms with E-state index in [-0.39, 0.29) is 46.7 Å². The molecule has 0 N–H and O–H groups in total. The minimum absolute atomic E-state index is 0.131. The Morgan fingerprint density at radius 2 is 1.50 bits per heavy atom. The van der Waals surface area contributed by atoms with Crippen molar-refractivity contribution in [1.29, 1.82) is 0 Å². The Hall–Kier alpha value is -2.89. The van der Waals surface area contributed by atoms with E-state index in [1.807, 2.05) is 30.3 Å². The number of para-hydroxylation sites is 1. The molecule has 2 amide bonds. The van der Waals surface area contributed by atoms with Crippen molar-refractivity contribution in [3.05, 3.63) is 58.5 Å². The highest BCUT2D eigenvalue weighted by atomic mass is 16.2. The first-order valence-corrected chi connectivity index (χ1v) is 8.91. The Kier molecular flexibility index (Phi) is 2.99. The fraction of sp³-hybridized carbons (Fsp3) is 0.350. The maximum Gasteiger partial charge on any atom is 0.296 e. The summed E-state index contributed by atoms with van der Waals surface area (Å²) in [7, 11) is 1.77. The first kappa shape index (κ1) is 15.4. The summed E-state index contributed by atoms with van der Waals surface area (Å²) in [5.74, 6) is -0.785. The van der Waals surface area contributed by atoms with Gasteiger partial charge in [-0.1, -0.05) is 30.4 Å². The molecule has 6 heteroatoms. The zero-order chi connectivity index (χ0) is 18.2. The van der Waals surface area contributed by atoms with E-state index < -0.39 is 0 Å². The second-order valence-electron chi connectivity index (χ2n) is 7.42. The number of aromatic nitrogens is 2. The van der Waals surface area contributed by atoms with E-state index in [9.17, 15) is 14.4 Å². The number of nitrogens with zero attached hydrogens (tertiary/aromatic N) is 3. The standard InChI is InChI=1S/C20H19N3O3/c1-11-17(20(26)23(21(11)2)14-6-4-3-5-7-14)22-18(24)15-12-8-9-13(10-12)16(15)19(22)25/h3-9,12-13,15-16H,10H2,1-2H3/t12-,13-,15+,16+/m0/s1. The summed E-state index contributed by atoms with van der Waals surface area (Å²) in [5, 5.41) is 0. The summed E-state index contributed by atoms with van der Waals surface area (Å²) in [4.78, 5) is 40.5. The first-order chi connectivity index (χ1) is 12.5. The molecule has 0 spiro atoms. The van der Waals surface area contributed by atoms with Crippen LogP contribution in [0.2, 0.25) is 0 Å². The van der Waals surface area contributed by atoms with Gasteiger partial charge < -0.3 is 0 Å². The lowest BCUT2D eigenvalue weighted by molar-refractivity contribution is -0.123. The number of benzene rings is 1. The van der Waals surface area contributed by atoms with Crippen LogP contribution >= 0.6 is 0 Å². The van der Waals surface area contributed by atoms with Gasteiger partial charge in [0.15, 0.2) is 0 Å². The third-order valence-electron chi connectivity index (χ3n) is 6.22. The maximum absolute atomic E-state index is 13.2. The van der Waals surface area contributed by atoms with Crippen LogP contribution in [0.1, 0.15) is 12.1 Å². The summed E-state index contributed by atoms with van der Waals surface area (Å²) < 4.78 is 3.21. The summed E-state index contributed by atoms with van der Waals surface area (Å²) in [6.45, 7) is 1.78. The van der Waals surface area contributed by atoms with E-state index in [1.54, 1.807) is 18.7 Å². The Balaban J connectivity index is 1.66. The molecule has 5 rings (SSSR count). The molecule has 2 heterocycles. The average Bonchev–Trinajstić information content (AvgIpc) is 3.36. The molecule has 0 radical (unpaired) electrons. The lowest BCUT2D eigenvalue weighted by Gasteiger charge is -2.15. The van der Waals surface area contributed by atoms with E-state index in [2.05, 4.69) is 12.2 Å². The van der Waals surface area contributed by atoms with Crippen molar-refractivity contribution in [3.63, 3.8) is 0 Å². The molecule has 2 bridgehead atoms. The smallest absolute Gasteiger partial charge is 0.283 e. The van der Waals surface area contributed by atoms with Gasteiger partial charge in [-0.25, -0.2) is 9.58 Å². The van der Waals surface area contributed by atoms with Crippen molar-refractivity contribution >= 4 is 17.5 Å². The number of anilines is 1. The zero-order valence-corrected chi connectivity index (χ0v) is 14.6. The summed E-state index contributed by atoms with van der Waals surface area (Å²) >= 11 is 0. The van der Waals surface area contributed by atoms with Crippen LogP contribution < -0.4 is 10.5 Å². The number of allylic oxidation sites excluding steroid dienone is 2. The Bertz CT molecular complexity index is 1000. The molecule has 132 valence electrons. The highest BCUT2D eigenvalue weighted by Gasteiger charge is 2.60. The third-order valence-corrected chi connectivity index (χ3v) is 6.22. The Morgan fingerprint density at radius 1 is 0.923 bits per heavy atom. The molecule has 1 aromatic heterocycles. The molecule has 1 aliphatic heterocycles. The van der Waals surface area contributed by atoms with Crippen LogP contribution in [0.4, 0.5) is 5.69 Å². The third kappa shape index (κ3) is 1.74. The van der Waals surface area contributed by atoms with Crippen molar-refractivity contribution < 1.29 is 9.59 Å².